The topological polar surface area (TPSA) is 22.1 Å². The number of hydrogen-bond acceptors (Lipinski definition) is 2. The summed E-state index contributed by atoms with van der Waals surface area (Å²) < 4.78 is 29.1. The van der Waals surface area contributed by atoms with E-state index in [0.717, 1.165) is 6.20 Å². The Balaban J connectivity index is 3.18. The Morgan fingerprint density at radius 1 is 1.50 bits per heavy atom. The lowest BCUT2D eigenvalue weighted by atomic mass is 10.3. The molecule has 0 N–H and O–H groups in total. The van der Waals surface area contributed by atoms with Crippen molar-refractivity contribution >= 4 is 11.6 Å². The number of ether oxygens (including phenoxy) is 1. The van der Waals surface area contributed by atoms with Crippen LogP contribution >= 0.6 is 11.6 Å². The van der Waals surface area contributed by atoms with Crippen LogP contribution in [0.3, 0.4) is 0 Å². The Hall–Kier alpha value is -0.900. The van der Waals surface area contributed by atoms with Crippen molar-refractivity contribution in [1.82, 2.24) is 4.98 Å². The fourth-order valence-corrected chi connectivity index (χ4v) is 1.05. The largest absolute Gasteiger partial charge is 0.495 e. The molecule has 0 atom stereocenters. The average Bonchev–Trinajstić information content (AvgIpc) is 2.03. The standard InChI is InChI=1S/C7H6ClF2NO/c1-12-6-4(7(9)10)2-11-3-5(6)8/h2-3,7H,1H3. The van der Waals surface area contributed by atoms with Gasteiger partial charge in [-0.25, -0.2) is 8.78 Å². The molecule has 0 unspecified atom stereocenters. The SMILES string of the molecule is COc1c(Cl)cncc1C(F)F. The van der Waals surface area contributed by atoms with Crippen LogP contribution in [-0.4, -0.2) is 12.1 Å². The molecule has 0 fully saturated rings. The third-order valence-corrected chi connectivity index (χ3v) is 1.59. The van der Waals surface area contributed by atoms with Gasteiger partial charge in [-0.2, -0.15) is 0 Å². The average molecular weight is 194 g/mol. The van der Waals surface area contributed by atoms with Crippen molar-refractivity contribution < 1.29 is 13.5 Å². The van der Waals surface area contributed by atoms with Crippen molar-refractivity contribution in [2.24, 2.45) is 0 Å². The second kappa shape index (κ2) is 3.67. The molecule has 5 heteroatoms. The highest BCUT2D eigenvalue weighted by Crippen LogP contribution is 2.33. The number of halogens is 3. The summed E-state index contributed by atoms with van der Waals surface area (Å²) in [5, 5.41) is 0.0929. The molecule has 66 valence electrons. The third-order valence-electron chi connectivity index (χ3n) is 1.32. The van der Waals surface area contributed by atoms with Gasteiger partial charge in [-0.1, -0.05) is 11.6 Å². The molecule has 2 nitrogen and oxygen atoms in total. The molecule has 1 aromatic heterocycles. The van der Waals surface area contributed by atoms with E-state index in [9.17, 15) is 8.78 Å². The summed E-state index contributed by atoms with van der Waals surface area (Å²) in [6.07, 6.45) is -0.326. The van der Waals surface area contributed by atoms with Crippen LogP contribution in [-0.2, 0) is 0 Å². The highest BCUT2D eigenvalue weighted by Gasteiger charge is 2.16. The first-order chi connectivity index (χ1) is 5.66. The Kier molecular flexibility index (Phi) is 2.81. The summed E-state index contributed by atoms with van der Waals surface area (Å²) in [7, 11) is 1.28. The van der Waals surface area contributed by atoms with E-state index < -0.39 is 6.43 Å². The number of rotatable bonds is 2. The van der Waals surface area contributed by atoms with E-state index in [1.807, 2.05) is 0 Å². The molecule has 12 heavy (non-hydrogen) atoms. The van der Waals surface area contributed by atoms with Gasteiger partial charge in [0.2, 0.25) is 0 Å². The lowest BCUT2D eigenvalue weighted by Crippen LogP contribution is -1.94. The molecule has 0 aliphatic carbocycles. The van der Waals surface area contributed by atoms with Gasteiger partial charge in [0.25, 0.3) is 6.43 Å². The van der Waals surface area contributed by atoms with E-state index >= 15 is 0 Å². The van der Waals surface area contributed by atoms with Crippen molar-refractivity contribution in [2.45, 2.75) is 6.43 Å². The van der Waals surface area contributed by atoms with Crippen LogP contribution in [0.1, 0.15) is 12.0 Å². The minimum atomic E-state index is -2.62. The fraction of sp³-hybridized carbons (Fsp3) is 0.286. The van der Waals surface area contributed by atoms with Crippen molar-refractivity contribution in [1.29, 1.82) is 0 Å². The number of hydrogen-bond donors (Lipinski definition) is 0. The van der Waals surface area contributed by atoms with Crippen molar-refractivity contribution in [2.75, 3.05) is 7.11 Å². The number of methoxy groups -OCH3 is 1. The number of nitrogens with zero attached hydrogens (tertiary/aromatic N) is 1. The van der Waals surface area contributed by atoms with Gasteiger partial charge in [0.1, 0.15) is 10.8 Å². The second-order valence-corrected chi connectivity index (χ2v) is 2.45. The van der Waals surface area contributed by atoms with Crippen LogP contribution < -0.4 is 4.74 Å². The van der Waals surface area contributed by atoms with E-state index in [1.54, 1.807) is 0 Å². The molecule has 0 radical (unpaired) electrons. The van der Waals surface area contributed by atoms with Crippen LogP contribution in [0.4, 0.5) is 8.78 Å². The van der Waals surface area contributed by atoms with E-state index in [0.29, 0.717) is 0 Å². The first-order valence-corrected chi connectivity index (χ1v) is 3.50. The minimum absolute atomic E-state index is 0.0123. The molecule has 0 bridgehead atoms. The summed E-state index contributed by atoms with van der Waals surface area (Å²) >= 11 is 5.55. The fourth-order valence-electron chi connectivity index (χ4n) is 0.809. The van der Waals surface area contributed by atoms with E-state index in [4.69, 9.17) is 11.6 Å². The molecule has 0 saturated heterocycles. The second-order valence-electron chi connectivity index (χ2n) is 2.04. The summed E-state index contributed by atoms with van der Waals surface area (Å²) in [5.74, 6) is -0.0123. The summed E-state index contributed by atoms with van der Waals surface area (Å²) in [6.45, 7) is 0. The molecule has 1 aromatic rings. The minimum Gasteiger partial charge on any atom is -0.495 e. The zero-order chi connectivity index (χ0) is 9.14. The van der Waals surface area contributed by atoms with E-state index in [1.165, 1.54) is 13.3 Å². The van der Waals surface area contributed by atoms with Gasteiger partial charge in [-0.05, 0) is 0 Å². The first-order valence-electron chi connectivity index (χ1n) is 3.12. The summed E-state index contributed by atoms with van der Waals surface area (Å²) in [5.41, 5.74) is -0.287. The third kappa shape index (κ3) is 1.64. The molecule has 1 rings (SSSR count). The Bertz CT molecular complexity index is 280. The maximum Gasteiger partial charge on any atom is 0.268 e. The number of pyridine rings is 1. The van der Waals surface area contributed by atoms with Crippen molar-refractivity contribution in [3.63, 3.8) is 0 Å². The van der Waals surface area contributed by atoms with Crippen LogP contribution in [0.15, 0.2) is 12.4 Å². The van der Waals surface area contributed by atoms with Crippen LogP contribution in [0.2, 0.25) is 5.02 Å². The Labute approximate surface area is 73.1 Å². The zero-order valence-corrected chi connectivity index (χ0v) is 6.98. The van der Waals surface area contributed by atoms with E-state index in [-0.39, 0.29) is 16.3 Å². The first kappa shape index (κ1) is 9.19. The molecule has 0 aliphatic heterocycles. The maximum atomic E-state index is 12.2. The summed E-state index contributed by atoms with van der Waals surface area (Å²) in [4.78, 5) is 3.52. The van der Waals surface area contributed by atoms with Crippen LogP contribution in [0, 0.1) is 0 Å². The number of aromatic nitrogens is 1. The predicted molar refractivity (Wildman–Crippen MR) is 40.8 cm³/mol. The number of alkyl halides is 2. The van der Waals surface area contributed by atoms with Gasteiger partial charge >= 0.3 is 0 Å². The zero-order valence-electron chi connectivity index (χ0n) is 6.22. The molecule has 0 saturated carbocycles. The Morgan fingerprint density at radius 2 is 2.17 bits per heavy atom. The molecule has 0 spiro atoms. The van der Waals surface area contributed by atoms with Gasteiger partial charge < -0.3 is 4.74 Å². The highest BCUT2D eigenvalue weighted by atomic mass is 35.5. The predicted octanol–water partition coefficient (Wildman–Crippen LogP) is 2.68. The van der Waals surface area contributed by atoms with Gasteiger partial charge in [0.15, 0.2) is 0 Å². The highest BCUT2D eigenvalue weighted by molar-refractivity contribution is 6.32. The molecule has 0 aliphatic rings. The van der Waals surface area contributed by atoms with Gasteiger partial charge in [-0.15, -0.1) is 0 Å². The molecular formula is C7H6ClF2NO. The Morgan fingerprint density at radius 3 is 2.58 bits per heavy atom. The lowest BCUT2D eigenvalue weighted by Gasteiger charge is -2.07. The van der Waals surface area contributed by atoms with Crippen LogP contribution in [0.5, 0.6) is 5.75 Å². The maximum absolute atomic E-state index is 12.2. The van der Waals surface area contributed by atoms with Gasteiger partial charge in [0.05, 0.1) is 12.7 Å². The molecule has 0 aromatic carbocycles. The van der Waals surface area contributed by atoms with E-state index in [2.05, 4.69) is 9.72 Å². The smallest absolute Gasteiger partial charge is 0.268 e. The molecular weight excluding hydrogens is 188 g/mol. The van der Waals surface area contributed by atoms with Crippen LogP contribution in [0.25, 0.3) is 0 Å². The molecule has 1 heterocycles. The van der Waals surface area contributed by atoms with Gasteiger partial charge in [0, 0.05) is 12.4 Å². The summed E-state index contributed by atoms with van der Waals surface area (Å²) in [6, 6.07) is 0. The van der Waals surface area contributed by atoms with Crippen molar-refractivity contribution in [3.8, 4) is 5.75 Å². The monoisotopic (exact) mass is 193 g/mol. The normalized spacial score (nSPS) is 10.4. The van der Waals surface area contributed by atoms with Gasteiger partial charge in [-0.3, -0.25) is 4.98 Å². The lowest BCUT2D eigenvalue weighted by molar-refractivity contribution is 0.146. The quantitative estimate of drug-likeness (QED) is 0.721. The molecule has 0 amide bonds. The van der Waals surface area contributed by atoms with Crippen molar-refractivity contribution in [3.05, 3.63) is 23.0 Å².